The van der Waals surface area contributed by atoms with Crippen LogP contribution in [-0.4, -0.2) is 6.04 Å². The van der Waals surface area contributed by atoms with E-state index in [4.69, 9.17) is 0 Å². The molecule has 0 aliphatic rings. The van der Waals surface area contributed by atoms with Gasteiger partial charge in [0.15, 0.2) is 0 Å². The van der Waals surface area contributed by atoms with E-state index in [1.54, 1.807) is 0 Å². The molecule has 0 aromatic heterocycles. The van der Waals surface area contributed by atoms with Gasteiger partial charge in [0.2, 0.25) is 0 Å². The van der Waals surface area contributed by atoms with Crippen LogP contribution in [0, 0.1) is 0 Å². The van der Waals surface area contributed by atoms with Crippen molar-refractivity contribution < 1.29 is 20.9 Å². The number of hydrogen-bond donors (Lipinski definition) is 0. The van der Waals surface area contributed by atoms with Gasteiger partial charge in [0.1, 0.15) is 0 Å². The van der Waals surface area contributed by atoms with E-state index in [9.17, 15) is 0 Å². The van der Waals surface area contributed by atoms with Crippen molar-refractivity contribution in [3.8, 4) is 0 Å². The van der Waals surface area contributed by atoms with Crippen LogP contribution >= 0.6 is 0 Å². The second-order valence-electron chi connectivity index (χ2n) is 1.21. The Morgan fingerprint density at radius 3 is 1.80 bits per heavy atom. The van der Waals surface area contributed by atoms with Crippen LogP contribution in [0.5, 0.6) is 0 Å². The molecule has 0 atom stereocenters. The molecule has 5 heavy (non-hydrogen) atoms. The monoisotopic (exact) mass is 238 g/mol. The standard InChI is InChI=1S/C3H7N.Ta/c1-3(2)4;/h3H,1-2H3;. The summed E-state index contributed by atoms with van der Waals surface area (Å²) in [5.41, 5.74) is 0. The van der Waals surface area contributed by atoms with Gasteiger partial charge in [0.25, 0.3) is 0 Å². The molecular formula is C3H7NTa. The quantitative estimate of drug-likeness (QED) is 0.649. The molecule has 0 unspecified atom stereocenters. The van der Waals surface area contributed by atoms with E-state index in [-0.39, 0.29) is 0 Å². The van der Waals surface area contributed by atoms with E-state index in [0.717, 1.165) is 20.9 Å². The van der Waals surface area contributed by atoms with Gasteiger partial charge in [-0.2, -0.15) is 0 Å². The molecule has 0 aliphatic heterocycles. The van der Waals surface area contributed by atoms with E-state index in [1.165, 1.54) is 0 Å². The Kier molecular flexibility index (Phi) is 3.06. The molecule has 0 saturated heterocycles. The first-order chi connectivity index (χ1) is 2.27. The molecule has 0 bridgehead atoms. The van der Waals surface area contributed by atoms with E-state index in [1.807, 2.05) is 0 Å². The molecule has 0 aromatic carbocycles. The predicted octanol–water partition coefficient (Wildman–Crippen LogP) is 1.13. The van der Waals surface area contributed by atoms with Crippen molar-refractivity contribution in [2.75, 3.05) is 0 Å². The zero-order valence-electron chi connectivity index (χ0n) is 3.47. The SMILES string of the molecule is CC(C)[N]=[Ta]. The molecule has 1 nitrogen and oxygen atoms in total. The van der Waals surface area contributed by atoms with Crippen molar-refractivity contribution in [2.45, 2.75) is 19.9 Å². The first kappa shape index (κ1) is 5.54. The number of nitrogens with zero attached hydrogens (tertiary/aromatic N) is 1. The van der Waals surface area contributed by atoms with Crippen LogP contribution in [-0.2, 0) is 20.9 Å². The summed E-state index contributed by atoms with van der Waals surface area (Å²) in [4.78, 5) is 0. The molecule has 0 rings (SSSR count). The maximum atomic E-state index is 4.00. The third-order valence-corrected chi connectivity index (χ3v) is 1.89. The Bertz CT molecular complexity index is 33.9. The minimum atomic E-state index is 0.559. The fourth-order valence-corrected chi connectivity index (χ4v) is 0. The van der Waals surface area contributed by atoms with Crippen molar-refractivity contribution in [1.29, 1.82) is 0 Å². The van der Waals surface area contributed by atoms with Crippen molar-refractivity contribution in [3.05, 3.63) is 0 Å². The molecule has 0 radical (unpaired) electrons. The van der Waals surface area contributed by atoms with E-state index in [0.29, 0.717) is 6.04 Å². The predicted molar refractivity (Wildman–Crippen MR) is 17.6 cm³/mol. The average Bonchev–Trinajstić information content (AvgIpc) is 1.38. The number of rotatable bonds is 1. The first-order valence-corrected chi connectivity index (χ1v) is 3.05. The van der Waals surface area contributed by atoms with Crippen LogP contribution in [0.25, 0.3) is 0 Å². The molecule has 0 N–H and O–H groups in total. The van der Waals surface area contributed by atoms with Gasteiger partial charge in [-0.05, 0) is 0 Å². The fraction of sp³-hybridized carbons (Fsp3) is 1.00. The first-order valence-electron chi connectivity index (χ1n) is 1.61. The van der Waals surface area contributed by atoms with Gasteiger partial charge in [-0.3, -0.25) is 0 Å². The summed E-state index contributed by atoms with van der Waals surface area (Å²) < 4.78 is 4.00. The van der Waals surface area contributed by atoms with Crippen LogP contribution < -0.4 is 0 Å². The Morgan fingerprint density at radius 2 is 1.80 bits per heavy atom. The van der Waals surface area contributed by atoms with Crippen LogP contribution in [0.15, 0.2) is 3.34 Å². The number of hydrogen-bond acceptors (Lipinski definition) is 1. The summed E-state index contributed by atoms with van der Waals surface area (Å²) in [6.45, 7) is 4.17. The Balaban J connectivity index is 2.83. The molecule has 2 heteroatoms. The molecule has 0 fully saturated rings. The summed E-state index contributed by atoms with van der Waals surface area (Å²) in [5.74, 6) is 0. The summed E-state index contributed by atoms with van der Waals surface area (Å²) in [5, 5.41) is 0. The van der Waals surface area contributed by atoms with Gasteiger partial charge < -0.3 is 0 Å². The van der Waals surface area contributed by atoms with Crippen molar-refractivity contribution >= 4 is 0 Å². The van der Waals surface area contributed by atoms with Gasteiger partial charge >= 0.3 is 44.1 Å². The summed E-state index contributed by atoms with van der Waals surface area (Å²) in [7, 11) is 0. The molecule has 0 aromatic rings. The Labute approximate surface area is 44.6 Å². The van der Waals surface area contributed by atoms with Crippen molar-refractivity contribution in [2.24, 2.45) is 3.34 Å². The fourth-order valence-electron chi connectivity index (χ4n) is 0. The van der Waals surface area contributed by atoms with Gasteiger partial charge in [-0.15, -0.1) is 0 Å². The van der Waals surface area contributed by atoms with E-state index >= 15 is 0 Å². The summed E-state index contributed by atoms with van der Waals surface area (Å²) >= 11 is 1.16. The topological polar surface area (TPSA) is 12.4 Å². The zero-order chi connectivity index (χ0) is 4.28. The third kappa shape index (κ3) is 4.54. The van der Waals surface area contributed by atoms with Crippen molar-refractivity contribution in [3.63, 3.8) is 0 Å². The minimum absolute atomic E-state index is 0.559. The van der Waals surface area contributed by atoms with Gasteiger partial charge in [0.05, 0.1) is 0 Å². The Morgan fingerprint density at radius 1 is 1.60 bits per heavy atom. The molecule has 0 saturated carbocycles. The summed E-state index contributed by atoms with van der Waals surface area (Å²) in [6, 6.07) is 0.559. The second kappa shape index (κ2) is 2.76. The maximum absolute atomic E-state index is 4.00. The van der Waals surface area contributed by atoms with Gasteiger partial charge in [-0.25, -0.2) is 0 Å². The normalized spacial score (nSPS) is 8.40. The molecule has 0 amide bonds. The van der Waals surface area contributed by atoms with Crippen molar-refractivity contribution in [1.82, 2.24) is 0 Å². The molecule has 29 valence electrons. The van der Waals surface area contributed by atoms with Gasteiger partial charge in [0, 0.05) is 0 Å². The van der Waals surface area contributed by atoms with Crippen LogP contribution in [0.3, 0.4) is 0 Å². The molecular weight excluding hydrogens is 231 g/mol. The van der Waals surface area contributed by atoms with Crippen LogP contribution in [0.2, 0.25) is 0 Å². The zero-order valence-corrected chi connectivity index (χ0v) is 6.69. The summed E-state index contributed by atoms with van der Waals surface area (Å²) in [6.07, 6.45) is 0. The molecule has 0 spiro atoms. The van der Waals surface area contributed by atoms with Crippen LogP contribution in [0.1, 0.15) is 13.8 Å². The van der Waals surface area contributed by atoms with E-state index < -0.39 is 0 Å². The molecule has 0 heterocycles. The average molecular weight is 238 g/mol. The Hall–Kier alpha value is 0.540. The molecule has 0 aliphatic carbocycles. The van der Waals surface area contributed by atoms with Crippen LogP contribution in [0.4, 0.5) is 0 Å². The third-order valence-electron chi connectivity index (χ3n) is 0.231. The second-order valence-corrected chi connectivity index (χ2v) is 2.04. The van der Waals surface area contributed by atoms with Gasteiger partial charge in [-0.1, -0.05) is 0 Å². The van der Waals surface area contributed by atoms with E-state index in [2.05, 4.69) is 17.2 Å².